The third-order valence-corrected chi connectivity index (χ3v) is 3.55. The summed E-state index contributed by atoms with van der Waals surface area (Å²) >= 11 is 11.9. The summed E-state index contributed by atoms with van der Waals surface area (Å²) in [5.41, 5.74) is 0.822. The van der Waals surface area contributed by atoms with E-state index in [1.54, 1.807) is 6.07 Å². The summed E-state index contributed by atoms with van der Waals surface area (Å²) in [5, 5.41) is 1.01. The fourth-order valence-corrected chi connectivity index (χ4v) is 1.89. The fourth-order valence-electron chi connectivity index (χ4n) is 1.50. The van der Waals surface area contributed by atoms with Crippen molar-refractivity contribution in [1.29, 1.82) is 0 Å². The van der Waals surface area contributed by atoms with Crippen molar-refractivity contribution in [1.82, 2.24) is 0 Å². The molecule has 1 rings (SSSR count). The van der Waals surface area contributed by atoms with Crippen LogP contribution in [0.5, 0.6) is 0 Å². The van der Waals surface area contributed by atoms with E-state index in [1.807, 2.05) is 12.1 Å². The lowest BCUT2D eigenvalue weighted by atomic mass is 9.98. The predicted molar refractivity (Wildman–Crippen MR) is 69.2 cm³/mol. The lowest BCUT2D eigenvalue weighted by Gasteiger charge is -2.08. The number of carbonyl (C=O) groups excluding carboxylic acids is 1. The van der Waals surface area contributed by atoms with Gasteiger partial charge in [0.2, 0.25) is 0 Å². The summed E-state index contributed by atoms with van der Waals surface area (Å²) in [5.74, 6) is 0.656. The maximum absolute atomic E-state index is 11.7. The van der Waals surface area contributed by atoms with Crippen LogP contribution in [0.4, 0.5) is 0 Å². The molecule has 0 aliphatic heterocycles. The third-order valence-electron chi connectivity index (χ3n) is 2.69. The smallest absolute Gasteiger partial charge is 0.137 e. The fraction of sp³-hybridized carbons (Fsp3) is 0.462. The van der Waals surface area contributed by atoms with E-state index >= 15 is 0 Å². The maximum Gasteiger partial charge on any atom is 0.137 e. The summed E-state index contributed by atoms with van der Waals surface area (Å²) in [4.78, 5) is 11.7. The monoisotopic (exact) mass is 258 g/mol. The topological polar surface area (TPSA) is 17.1 Å². The molecule has 0 fully saturated rings. The number of Topliss-reactive ketones (excluding diaryl/α,β-unsaturated/α-hetero) is 1. The maximum atomic E-state index is 11.7. The standard InChI is InChI=1S/C13H16Cl2O/c1-3-9(2)7-11(16)8-10-5-4-6-12(14)13(10)15/h4-6,9H,3,7-8H2,1-2H3. The zero-order valence-electron chi connectivity index (χ0n) is 9.59. The van der Waals surface area contributed by atoms with E-state index in [9.17, 15) is 4.79 Å². The van der Waals surface area contributed by atoms with Gasteiger partial charge in [-0.25, -0.2) is 0 Å². The molecule has 1 unspecified atom stereocenters. The molecule has 0 spiro atoms. The summed E-state index contributed by atoms with van der Waals surface area (Å²) in [7, 11) is 0. The van der Waals surface area contributed by atoms with Crippen molar-refractivity contribution < 1.29 is 4.79 Å². The second-order valence-corrected chi connectivity index (χ2v) is 4.93. The first-order chi connectivity index (χ1) is 7.54. The molecule has 0 aliphatic carbocycles. The van der Waals surface area contributed by atoms with Crippen molar-refractivity contribution >= 4 is 29.0 Å². The zero-order chi connectivity index (χ0) is 12.1. The molecule has 1 atom stereocenters. The first-order valence-corrected chi connectivity index (χ1v) is 6.24. The molecule has 0 saturated carbocycles. The molecule has 0 bridgehead atoms. The minimum Gasteiger partial charge on any atom is -0.299 e. The van der Waals surface area contributed by atoms with Gasteiger partial charge in [0, 0.05) is 12.8 Å². The lowest BCUT2D eigenvalue weighted by molar-refractivity contribution is -0.119. The third kappa shape index (κ3) is 3.80. The molecule has 0 radical (unpaired) electrons. The Hall–Kier alpha value is -0.530. The van der Waals surface area contributed by atoms with Gasteiger partial charge in [-0.2, -0.15) is 0 Å². The van der Waals surface area contributed by atoms with Gasteiger partial charge in [0.25, 0.3) is 0 Å². The predicted octanol–water partition coefficient (Wildman–Crippen LogP) is 4.54. The number of benzene rings is 1. The van der Waals surface area contributed by atoms with E-state index < -0.39 is 0 Å². The van der Waals surface area contributed by atoms with Gasteiger partial charge in [0.05, 0.1) is 10.0 Å². The van der Waals surface area contributed by atoms with Crippen LogP contribution >= 0.6 is 23.2 Å². The van der Waals surface area contributed by atoms with Crippen LogP contribution in [0.2, 0.25) is 10.0 Å². The number of carbonyl (C=O) groups is 1. The number of ketones is 1. The highest BCUT2D eigenvalue weighted by atomic mass is 35.5. The van der Waals surface area contributed by atoms with E-state index in [1.165, 1.54) is 0 Å². The minimum absolute atomic E-state index is 0.221. The van der Waals surface area contributed by atoms with Crippen LogP contribution in [0, 0.1) is 5.92 Å². The molecule has 0 aromatic heterocycles. The van der Waals surface area contributed by atoms with E-state index in [0.717, 1.165) is 12.0 Å². The molecule has 1 aromatic carbocycles. The Kier molecular flexibility index (Phi) is 5.30. The molecular formula is C13H16Cl2O. The van der Waals surface area contributed by atoms with Crippen molar-refractivity contribution in [2.75, 3.05) is 0 Å². The van der Waals surface area contributed by atoms with Crippen LogP contribution in [0.25, 0.3) is 0 Å². The Bertz CT molecular complexity index is 374. The summed E-state index contributed by atoms with van der Waals surface area (Å²) in [6.07, 6.45) is 2.01. The quantitative estimate of drug-likeness (QED) is 0.758. The highest BCUT2D eigenvalue weighted by molar-refractivity contribution is 6.42. The highest BCUT2D eigenvalue weighted by Crippen LogP contribution is 2.26. The molecule has 0 amide bonds. The van der Waals surface area contributed by atoms with Crippen LogP contribution < -0.4 is 0 Å². The zero-order valence-corrected chi connectivity index (χ0v) is 11.1. The van der Waals surface area contributed by atoms with Gasteiger partial charge in [0.15, 0.2) is 0 Å². The first kappa shape index (κ1) is 13.5. The normalized spacial score (nSPS) is 12.5. The van der Waals surface area contributed by atoms with Crippen LogP contribution in [0.1, 0.15) is 32.3 Å². The Morgan fingerprint density at radius 3 is 2.69 bits per heavy atom. The van der Waals surface area contributed by atoms with Crippen molar-refractivity contribution in [3.05, 3.63) is 33.8 Å². The summed E-state index contributed by atoms with van der Waals surface area (Å²) in [6, 6.07) is 5.40. The Labute approximate surface area is 107 Å². The molecule has 0 N–H and O–H groups in total. The molecule has 0 saturated heterocycles. The van der Waals surface area contributed by atoms with E-state index in [4.69, 9.17) is 23.2 Å². The SMILES string of the molecule is CCC(C)CC(=O)Cc1cccc(Cl)c1Cl. The Morgan fingerprint density at radius 2 is 2.06 bits per heavy atom. The van der Waals surface area contributed by atoms with Crippen molar-refractivity contribution in [2.45, 2.75) is 33.1 Å². The molecule has 88 valence electrons. The van der Waals surface area contributed by atoms with Crippen molar-refractivity contribution in [3.63, 3.8) is 0 Å². The highest BCUT2D eigenvalue weighted by Gasteiger charge is 2.11. The van der Waals surface area contributed by atoms with Gasteiger partial charge in [-0.05, 0) is 17.5 Å². The van der Waals surface area contributed by atoms with Gasteiger partial charge in [0.1, 0.15) is 5.78 Å². The largest absolute Gasteiger partial charge is 0.299 e. The van der Waals surface area contributed by atoms with Crippen LogP contribution in [-0.4, -0.2) is 5.78 Å². The Morgan fingerprint density at radius 1 is 1.38 bits per heavy atom. The molecule has 3 heteroatoms. The van der Waals surface area contributed by atoms with Gasteiger partial charge in [-0.3, -0.25) is 4.79 Å². The van der Waals surface area contributed by atoms with E-state index in [-0.39, 0.29) is 5.78 Å². The van der Waals surface area contributed by atoms with Gasteiger partial charge >= 0.3 is 0 Å². The average molecular weight is 259 g/mol. The van der Waals surface area contributed by atoms with Gasteiger partial charge < -0.3 is 0 Å². The molecule has 1 aromatic rings. The van der Waals surface area contributed by atoms with E-state index in [0.29, 0.717) is 28.8 Å². The average Bonchev–Trinajstić information content (AvgIpc) is 2.24. The van der Waals surface area contributed by atoms with Gasteiger partial charge in [-0.1, -0.05) is 55.6 Å². The Balaban J connectivity index is 2.66. The van der Waals surface area contributed by atoms with Gasteiger partial charge in [-0.15, -0.1) is 0 Å². The molecule has 16 heavy (non-hydrogen) atoms. The molecule has 1 nitrogen and oxygen atoms in total. The van der Waals surface area contributed by atoms with Crippen LogP contribution in [0.3, 0.4) is 0 Å². The second-order valence-electron chi connectivity index (χ2n) is 4.15. The molecular weight excluding hydrogens is 243 g/mol. The van der Waals surface area contributed by atoms with Crippen LogP contribution in [-0.2, 0) is 11.2 Å². The second kappa shape index (κ2) is 6.27. The summed E-state index contributed by atoms with van der Waals surface area (Å²) < 4.78 is 0. The van der Waals surface area contributed by atoms with Crippen molar-refractivity contribution in [2.24, 2.45) is 5.92 Å². The minimum atomic E-state index is 0.221. The first-order valence-electron chi connectivity index (χ1n) is 5.49. The number of hydrogen-bond donors (Lipinski definition) is 0. The molecule has 0 heterocycles. The summed E-state index contributed by atoms with van der Waals surface area (Å²) in [6.45, 7) is 4.17. The van der Waals surface area contributed by atoms with Crippen molar-refractivity contribution in [3.8, 4) is 0 Å². The molecule has 0 aliphatic rings. The number of hydrogen-bond acceptors (Lipinski definition) is 1. The lowest BCUT2D eigenvalue weighted by Crippen LogP contribution is -2.08. The van der Waals surface area contributed by atoms with E-state index in [2.05, 4.69) is 13.8 Å². The number of rotatable bonds is 5. The number of halogens is 2. The van der Waals surface area contributed by atoms with Crippen LogP contribution in [0.15, 0.2) is 18.2 Å².